The van der Waals surface area contributed by atoms with Crippen molar-refractivity contribution in [3.63, 3.8) is 0 Å². The van der Waals surface area contributed by atoms with Crippen molar-refractivity contribution in [3.8, 4) is 0 Å². The Balaban J connectivity index is 2.59. The molecule has 0 radical (unpaired) electrons. The molecule has 0 N–H and O–H groups in total. The first-order valence-electron chi connectivity index (χ1n) is 5.73. The summed E-state index contributed by atoms with van der Waals surface area (Å²) in [5.41, 5.74) is 2.18. The maximum Gasteiger partial charge on any atom is 0.310 e. The van der Waals surface area contributed by atoms with Crippen molar-refractivity contribution in [2.45, 2.75) is 34.6 Å². The van der Waals surface area contributed by atoms with Crippen LogP contribution in [0.2, 0.25) is 0 Å². The number of ether oxygens (including phenoxy) is 1. The second-order valence-electron chi connectivity index (χ2n) is 5.63. The van der Waals surface area contributed by atoms with Gasteiger partial charge in [0.2, 0.25) is 0 Å². The first-order valence-corrected chi connectivity index (χ1v) is 5.73. The molecule has 1 aliphatic rings. The number of esters is 1. The van der Waals surface area contributed by atoms with Crippen LogP contribution in [0, 0.1) is 17.3 Å². The Kier molecular flexibility index (Phi) is 3.61. The van der Waals surface area contributed by atoms with Gasteiger partial charge in [-0.1, -0.05) is 32.1 Å². The van der Waals surface area contributed by atoms with Gasteiger partial charge in [0, 0.05) is 0 Å². The first kappa shape index (κ1) is 13.0. The molecule has 0 amide bonds. The minimum Gasteiger partial charge on any atom is -0.461 e. The molecule has 2 unspecified atom stereocenters. The maximum absolute atomic E-state index is 11.8. The van der Waals surface area contributed by atoms with Gasteiger partial charge >= 0.3 is 5.97 Å². The van der Waals surface area contributed by atoms with E-state index in [1.807, 2.05) is 6.92 Å². The maximum atomic E-state index is 11.8. The molecule has 0 aromatic rings. The lowest BCUT2D eigenvalue weighted by molar-refractivity contribution is -0.145. The Labute approximate surface area is 98.4 Å². The van der Waals surface area contributed by atoms with Gasteiger partial charge in [-0.3, -0.25) is 4.79 Å². The molecular weight excluding hydrogens is 200 g/mol. The number of carbonyl (C=O) groups is 1. The molecule has 0 spiro atoms. The molecule has 2 nitrogen and oxygen atoms in total. The van der Waals surface area contributed by atoms with Gasteiger partial charge in [0.05, 0.1) is 5.92 Å². The Bertz CT molecular complexity index is 333. The number of allylic oxidation sites excluding steroid dienone is 2. The third-order valence-corrected chi connectivity index (χ3v) is 3.14. The van der Waals surface area contributed by atoms with Crippen molar-refractivity contribution in [3.05, 3.63) is 23.8 Å². The second kappa shape index (κ2) is 4.44. The van der Waals surface area contributed by atoms with Gasteiger partial charge in [-0.2, -0.15) is 0 Å². The molecule has 1 aliphatic carbocycles. The van der Waals surface area contributed by atoms with Gasteiger partial charge in [0.1, 0.15) is 6.61 Å². The highest BCUT2D eigenvalue weighted by molar-refractivity contribution is 5.78. The summed E-state index contributed by atoms with van der Waals surface area (Å²) < 4.78 is 5.21. The summed E-state index contributed by atoms with van der Waals surface area (Å²) in [5, 5.41) is 0. The van der Waals surface area contributed by atoms with Crippen molar-refractivity contribution in [1.82, 2.24) is 0 Å². The number of carbonyl (C=O) groups excluding carboxylic acids is 1. The highest BCUT2D eigenvalue weighted by atomic mass is 16.5. The largest absolute Gasteiger partial charge is 0.461 e. The fourth-order valence-electron chi connectivity index (χ4n) is 2.08. The third-order valence-electron chi connectivity index (χ3n) is 3.14. The molecule has 90 valence electrons. The Morgan fingerprint density at radius 1 is 1.38 bits per heavy atom. The summed E-state index contributed by atoms with van der Waals surface area (Å²) in [5.74, 6) is 0.257. The smallest absolute Gasteiger partial charge is 0.310 e. The van der Waals surface area contributed by atoms with E-state index in [9.17, 15) is 4.79 Å². The van der Waals surface area contributed by atoms with E-state index in [0.29, 0.717) is 12.5 Å². The second-order valence-corrected chi connectivity index (χ2v) is 5.63. The summed E-state index contributed by atoms with van der Waals surface area (Å²) in [6, 6.07) is 0. The predicted molar refractivity (Wildman–Crippen MR) is 66.0 cm³/mol. The normalized spacial score (nSPS) is 25.8. The van der Waals surface area contributed by atoms with Gasteiger partial charge in [0.15, 0.2) is 0 Å². The van der Waals surface area contributed by atoms with E-state index in [-0.39, 0.29) is 17.3 Å². The molecular formula is C14H22O2. The summed E-state index contributed by atoms with van der Waals surface area (Å²) >= 11 is 0. The fourth-order valence-corrected chi connectivity index (χ4v) is 2.08. The number of hydrogen-bond acceptors (Lipinski definition) is 2. The van der Waals surface area contributed by atoms with E-state index < -0.39 is 0 Å². The van der Waals surface area contributed by atoms with Crippen molar-refractivity contribution in [2.24, 2.45) is 17.3 Å². The summed E-state index contributed by atoms with van der Waals surface area (Å²) in [6.07, 6.45) is 2.17. The quantitative estimate of drug-likeness (QED) is 0.538. The third kappa shape index (κ3) is 2.75. The van der Waals surface area contributed by atoms with Crippen molar-refractivity contribution in [1.29, 1.82) is 0 Å². The van der Waals surface area contributed by atoms with Gasteiger partial charge in [-0.05, 0) is 37.7 Å². The molecule has 0 aromatic heterocycles. The molecule has 16 heavy (non-hydrogen) atoms. The minimum absolute atomic E-state index is 0.0155. The molecule has 2 atom stereocenters. The number of hydrogen-bond donors (Lipinski definition) is 0. The van der Waals surface area contributed by atoms with Gasteiger partial charge in [-0.15, -0.1) is 0 Å². The average Bonchev–Trinajstić information content (AvgIpc) is 2.63. The predicted octanol–water partition coefficient (Wildman–Crippen LogP) is 3.34. The van der Waals surface area contributed by atoms with Crippen molar-refractivity contribution in [2.75, 3.05) is 6.61 Å². The Hall–Kier alpha value is -1.05. The van der Waals surface area contributed by atoms with Gasteiger partial charge in [-0.25, -0.2) is 0 Å². The van der Waals surface area contributed by atoms with E-state index in [0.717, 1.165) is 5.57 Å². The van der Waals surface area contributed by atoms with Crippen LogP contribution in [0.1, 0.15) is 34.6 Å². The summed E-state index contributed by atoms with van der Waals surface area (Å²) in [6.45, 7) is 14.3. The zero-order valence-electron chi connectivity index (χ0n) is 11.0. The summed E-state index contributed by atoms with van der Waals surface area (Å²) in [7, 11) is 0. The van der Waals surface area contributed by atoms with Crippen LogP contribution < -0.4 is 0 Å². The number of rotatable bonds is 4. The van der Waals surface area contributed by atoms with E-state index in [4.69, 9.17) is 4.74 Å². The lowest BCUT2D eigenvalue weighted by Crippen LogP contribution is -2.11. The molecule has 0 aromatic carbocycles. The minimum atomic E-state index is -0.0875. The van der Waals surface area contributed by atoms with Crippen molar-refractivity contribution >= 4 is 5.97 Å². The van der Waals surface area contributed by atoms with Crippen LogP contribution >= 0.6 is 0 Å². The zero-order valence-corrected chi connectivity index (χ0v) is 11.0. The van der Waals surface area contributed by atoms with E-state index in [2.05, 4.69) is 40.3 Å². The van der Waals surface area contributed by atoms with E-state index >= 15 is 0 Å². The molecule has 0 bridgehead atoms. The van der Waals surface area contributed by atoms with Gasteiger partial charge in [0.25, 0.3) is 0 Å². The average molecular weight is 222 g/mol. The van der Waals surface area contributed by atoms with Gasteiger partial charge < -0.3 is 4.74 Å². The zero-order chi connectivity index (χ0) is 12.5. The van der Waals surface area contributed by atoms with Crippen LogP contribution in [0.3, 0.4) is 0 Å². The van der Waals surface area contributed by atoms with Crippen LogP contribution in [0.15, 0.2) is 23.8 Å². The molecule has 1 fully saturated rings. The fraction of sp³-hybridized carbons (Fsp3) is 0.643. The SMILES string of the molecule is C=C(C)COC(=O)C1C(C=C(C)C)C1(C)C. The van der Waals surface area contributed by atoms with E-state index in [1.165, 1.54) is 5.57 Å². The van der Waals surface area contributed by atoms with E-state index in [1.54, 1.807) is 0 Å². The molecule has 0 heterocycles. The highest BCUT2D eigenvalue weighted by Gasteiger charge is 2.61. The van der Waals surface area contributed by atoms with Crippen molar-refractivity contribution < 1.29 is 9.53 Å². The molecule has 1 saturated carbocycles. The standard InChI is InChI=1S/C14H22O2/c1-9(2)7-11-12(14(11,5)6)13(15)16-8-10(3)4/h7,11-12H,3,8H2,1-2,4-6H3. The first-order chi connectivity index (χ1) is 7.26. The van der Waals surface area contributed by atoms with Crippen LogP contribution in [0.5, 0.6) is 0 Å². The molecule has 1 rings (SSSR count). The lowest BCUT2D eigenvalue weighted by Gasteiger charge is -2.04. The molecule has 2 heteroatoms. The van der Waals surface area contributed by atoms with Crippen LogP contribution in [-0.2, 0) is 9.53 Å². The van der Waals surface area contributed by atoms with Crippen LogP contribution in [-0.4, -0.2) is 12.6 Å². The monoisotopic (exact) mass is 222 g/mol. The highest BCUT2D eigenvalue weighted by Crippen LogP contribution is 2.59. The molecule has 0 saturated heterocycles. The van der Waals surface area contributed by atoms with Crippen LogP contribution in [0.25, 0.3) is 0 Å². The van der Waals surface area contributed by atoms with Crippen LogP contribution in [0.4, 0.5) is 0 Å². The Morgan fingerprint density at radius 2 is 1.94 bits per heavy atom. The summed E-state index contributed by atoms with van der Waals surface area (Å²) in [4.78, 5) is 11.8. The topological polar surface area (TPSA) is 26.3 Å². The Morgan fingerprint density at radius 3 is 2.38 bits per heavy atom. The lowest BCUT2D eigenvalue weighted by atomic mass is 10.1. The molecule has 0 aliphatic heterocycles.